The molecule has 0 fully saturated rings. The highest BCUT2D eigenvalue weighted by atomic mass is 32.2. The first-order valence-electron chi connectivity index (χ1n) is 11.3. The topological polar surface area (TPSA) is 117 Å². The summed E-state index contributed by atoms with van der Waals surface area (Å²) in [5.74, 6) is 1.66. The molecule has 2 aromatic heterocycles. The first-order chi connectivity index (χ1) is 16.5. The van der Waals surface area contributed by atoms with Crippen LogP contribution in [0, 0.1) is 0 Å². The highest BCUT2D eigenvalue weighted by Gasteiger charge is 2.24. The minimum atomic E-state index is -0.490. The highest BCUT2D eigenvalue weighted by Crippen LogP contribution is 2.33. The van der Waals surface area contributed by atoms with E-state index in [9.17, 15) is 14.4 Å². The zero-order valence-corrected chi connectivity index (χ0v) is 21.5. The van der Waals surface area contributed by atoms with Gasteiger partial charge in [-0.3, -0.25) is 18.7 Å². The molecule has 186 valence electrons. The molecule has 0 radical (unpaired) electrons. The maximum Gasteiger partial charge on any atom is 0.332 e. The quantitative estimate of drug-likeness (QED) is 0.419. The largest absolute Gasteiger partial charge is 0.486 e. The van der Waals surface area contributed by atoms with Crippen LogP contribution in [0.15, 0.2) is 32.8 Å². The van der Waals surface area contributed by atoms with Crippen LogP contribution in [0.2, 0.25) is 0 Å². The monoisotopic (exact) mass is 499 g/mol. The van der Waals surface area contributed by atoms with Crippen LogP contribution in [0.1, 0.15) is 45.1 Å². The Kier molecular flexibility index (Phi) is 6.63. The molecule has 3 heterocycles. The summed E-state index contributed by atoms with van der Waals surface area (Å²) in [6.07, 6.45) is 0. The number of ether oxygens (including phenoxy) is 2. The molecule has 1 aromatic carbocycles. The third kappa shape index (κ3) is 4.90. The van der Waals surface area contributed by atoms with Crippen molar-refractivity contribution in [2.45, 2.75) is 44.2 Å². The van der Waals surface area contributed by atoms with E-state index in [1.54, 1.807) is 7.05 Å². The number of thioether (sulfide) groups is 1. The zero-order valence-electron chi connectivity index (χ0n) is 20.7. The second kappa shape index (κ2) is 9.37. The van der Waals surface area contributed by atoms with Gasteiger partial charge in [0.15, 0.2) is 17.1 Å². The van der Waals surface area contributed by atoms with E-state index >= 15 is 0 Å². The highest BCUT2D eigenvalue weighted by molar-refractivity contribution is 8.00. The van der Waals surface area contributed by atoms with Gasteiger partial charge in [-0.25, -0.2) is 14.8 Å². The number of hydrogen-bond donors (Lipinski definition) is 1. The number of fused-ring (bicyclic) bond motifs is 2. The van der Waals surface area contributed by atoms with E-state index in [2.05, 4.69) is 15.3 Å². The van der Waals surface area contributed by atoms with Crippen LogP contribution in [0.3, 0.4) is 0 Å². The van der Waals surface area contributed by atoms with Crippen LogP contribution >= 0.6 is 11.8 Å². The number of nitrogens with zero attached hydrogens (tertiary/aromatic N) is 4. The summed E-state index contributed by atoms with van der Waals surface area (Å²) in [6.45, 7) is 8.73. The Hall–Kier alpha value is -3.34. The second-order valence-corrected chi connectivity index (χ2v) is 10.5. The number of hydrogen-bond acceptors (Lipinski definition) is 8. The van der Waals surface area contributed by atoms with Crippen LogP contribution in [0.4, 0.5) is 0 Å². The molecule has 0 bridgehead atoms. The van der Waals surface area contributed by atoms with Gasteiger partial charge in [-0.05, 0) is 24.6 Å². The number of aryl methyl sites for hydroxylation is 1. The lowest BCUT2D eigenvalue weighted by molar-refractivity contribution is -0.119. The Morgan fingerprint density at radius 1 is 1.11 bits per heavy atom. The van der Waals surface area contributed by atoms with E-state index in [1.807, 2.05) is 45.9 Å². The molecule has 1 aliphatic rings. The molecule has 0 saturated carbocycles. The van der Waals surface area contributed by atoms with Crippen molar-refractivity contribution in [3.63, 3.8) is 0 Å². The van der Waals surface area contributed by atoms with Gasteiger partial charge < -0.3 is 14.8 Å². The molecule has 11 heteroatoms. The summed E-state index contributed by atoms with van der Waals surface area (Å²) in [6, 6.07) is 5.33. The van der Waals surface area contributed by atoms with Gasteiger partial charge in [-0.2, -0.15) is 0 Å². The molecule has 3 aromatic rings. The zero-order chi connectivity index (χ0) is 25.5. The number of carbonyl (C=O) groups excluding carboxylic acids is 1. The summed E-state index contributed by atoms with van der Waals surface area (Å²) < 4.78 is 13.5. The van der Waals surface area contributed by atoms with Crippen molar-refractivity contribution in [1.29, 1.82) is 0 Å². The van der Waals surface area contributed by atoms with Crippen LogP contribution in [-0.4, -0.2) is 44.0 Å². The van der Waals surface area contributed by atoms with Gasteiger partial charge in [0.2, 0.25) is 5.91 Å². The van der Waals surface area contributed by atoms with E-state index in [-0.39, 0.29) is 28.7 Å². The van der Waals surface area contributed by atoms with Gasteiger partial charge in [-0.1, -0.05) is 38.6 Å². The molecule has 0 unspecified atom stereocenters. The smallest absolute Gasteiger partial charge is 0.332 e. The van der Waals surface area contributed by atoms with E-state index in [1.165, 1.54) is 11.6 Å². The van der Waals surface area contributed by atoms with Crippen molar-refractivity contribution in [1.82, 2.24) is 24.4 Å². The lowest BCUT2D eigenvalue weighted by Gasteiger charge is -2.21. The normalized spacial score (nSPS) is 14.1. The van der Waals surface area contributed by atoms with Gasteiger partial charge in [0.1, 0.15) is 29.5 Å². The Balaban J connectivity index is 1.59. The van der Waals surface area contributed by atoms with Crippen LogP contribution in [0.5, 0.6) is 11.5 Å². The van der Waals surface area contributed by atoms with E-state index in [0.717, 1.165) is 21.9 Å². The minimum Gasteiger partial charge on any atom is -0.486 e. The Morgan fingerprint density at radius 3 is 2.49 bits per heavy atom. The predicted octanol–water partition coefficient (Wildman–Crippen LogP) is 2.07. The maximum absolute atomic E-state index is 12.9. The number of benzene rings is 1. The number of carbonyl (C=O) groups is 1. The van der Waals surface area contributed by atoms with Gasteiger partial charge in [0, 0.05) is 19.5 Å². The van der Waals surface area contributed by atoms with Crippen molar-refractivity contribution in [3.05, 3.63) is 50.4 Å². The fraction of sp³-hybridized carbons (Fsp3) is 0.458. The minimum absolute atomic E-state index is 0.0383. The average molecular weight is 500 g/mol. The van der Waals surface area contributed by atoms with E-state index in [0.29, 0.717) is 35.6 Å². The molecular weight excluding hydrogens is 470 g/mol. The standard InChI is InChI=1S/C24H29N5O5S/c1-13(14-7-8-15-16(11-14)34-10-9-33-15)25-17(30)12-35-20-18-19(26-22(27-20)24(2,3)4)28(5)23(32)29(6)21(18)31/h7-8,11,13H,9-10,12H2,1-6H3,(H,25,30)/t13-/m1/s1. The number of aromatic nitrogens is 4. The van der Waals surface area contributed by atoms with E-state index in [4.69, 9.17) is 9.47 Å². The SMILES string of the molecule is C[C@@H](NC(=O)CSc1nc(C(C)(C)C)nc2c1c(=O)n(C)c(=O)n2C)c1ccc2c(c1)OCCO2. The Morgan fingerprint density at radius 2 is 1.80 bits per heavy atom. The summed E-state index contributed by atoms with van der Waals surface area (Å²) in [4.78, 5) is 47.4. The predicted molar refractivity (Wildman–Crippen MR) is 133 cm³/mol. The third-order valence-corrected chi connectivity index (χ3v) is 6.70. The molecule has 10 nitrogen and oxygen atoms in total. The maximum atomic E-state index is 12.9. The van der Waals surface area contributed by atoms with Crippen LogP contribution in [-0.2, 0) is 24.3 Å². The molecule has 35 heavy (non-hydrogen) atoms. The first-order valence-corrected chi connectivity index (χ1v) is 12.3. The summed E-state index contributed by atoms with van der Waals surface area (Å²) in [5.41, 5.74) is -0.237. The van der Waals surface area contributed by atoms with Crippen molar-refractivity contribution in [2.24, 2.45) is 14.1 Å². The first kappa shape index (κ1) is 24.8. The van der Waals surface area contributed by atoms with Gasteiger partial charge in [0.05, 0.1) is 11.8 Å². The fourth-order valence-electron chi connectivity index (χ4n) is 3.70. The van der Waals surface area contributed by atoms with Gasteiger partial charge in [-0.15, -0.1) is 0 Å². The second-order valence-electron chi connectivity index (χ2n) is 9.49. The fourth-order valence-corrected chi connectivity index (χ4v) is 4.52. The average Bonchev–Trinajstić information content (AvgIpc) is 2.83. The summed E-state index contributed by atoms with van der Waals surface area (Å²) in [7, 11) is 2.98. The Labute approximate surface area is 206 Å². The molecule has 1 aliphatic heterocycles. The third-order valence-electron chi connectivity index (χ3n) is 5.72. The number of amides is 1. The molecular formula is C24H29N5O5S. The lowest BCUT2D eigenvalue weighted by atomic mass is 9.96. The molecule has 0 aliphatic carbocycles. The van der Waals surface area contributed by atoms with Crippen molar-refractivity contribution < 1.29 is 14.3 Å². The van der Waals surface area contributed by atoms with E-state index < -0.39 is 16.7 Å². The number of rotatable bonds is 5. The van der Waals surface area contributed by atoms with Gasteiger partial charge >= 0.3 is 5.69 Å². The Bertz CT molecular complexity index is 1420. The molecule has 1 N–H and O–H groups in total. The van der Waals surface area contributed by atoms with Crippen molar-refractivity contribution in [3.8, 4) is 11.5 Å². The van der Waals surface area contributed by atoms with Crippen molar-refractivity contribution in [2.75, 3.05) is 19.0 Å². The molecule has 1 atom stereocenters. The lowest BCUT2D eigenvalue weighted by Crippen LogP contribution is -2.38. The van der Waals surface area contributed by atoms with Crippen molar-refractivity contribution >= 4 is 28.7 Å². The molecule has 1 amide bonds. The molecule has 4 rings (SSSR count). The number of nitrogens with one attached hydrogen (secondary N) is 1. The summed E-state index contributed by atoms with van der Waals surface area (Å²) >= 11 is 1.15. The van der Waals surface area contributed by atoms with Gasteiger partial charge in [0.25, 0.3) is 5.56 Å². The molecule has 0 spiro atoms. The van der Waals surface area contributed by atoms with Crippen LogP contribution < -0.4 is 26.0 Å². The molecule has 0 saturated heterocycles. The van der Waals surface area contributed by atoms with Crippen LogP contribution in [0.25, 0.3) is 11.0 Å². The summed E-state index contributed by atoms with van der Waals surface area (Å²) in [5, 5.41) is 3.57.